The molecule has 0 bridgehead atoms. The van der Waals surface area contributed by atoms with Gasteiger partial charge in [-0.05, 0) is 31.0 Å². The van der Waals surface area contributed by atoms with Crippen LogP contribution in [-0.2, 0) is 12.8 Å². The molecule has 0 amide bonds. The van der Waals surface area contributed by atoms with Crippen molar-refractivity contribution in [2.45, 2.75) is 26.7 Å². The lowest BCUT2D eigenvalue weighted by Crippen LogP contribution is -2.07. The van der Waals surface area contributed by atoms with E-state index in [1.54, 1.807) is 6.07 Å². The van der Waals surface area contributed by atoms with Gasteiger partial charge in [0.1, 0.15) is 11.6 Å². The van der Waals surface area contributed by atoms with E-state index in [4.69, 9.17) is 28.9 Å². The molecule has 0 saturated carbocycles. The first-order valence-electron chi connectivity index (χ1n) is 6.07. The largest absolute Gasteiger partial charge is 0.383 e. The molecule has 0 spiro atoms. The average molecular weight is 296 g/mol. The third kappa shape index (κ3) is 3.17. The van der Waals surface area contributed by atoms with Gasteiger partial charge in [0.25, 0.3) is 0 Å². The fourth-order valence-corrected chi connectivity index (χ4v) is 2.35. The molecule has 1 heterocycles. The van der Waals surface area contributed by atoms with Crippen molar-refractivity contribution in [3.63, 3.8) is 0 Å². The maximum absolute atomic E-state index is 5.99. The van der Waals surface area contributed by atoms with Crippen LogP contribution >= 0.6 is 23.2 Å². The number of anilines is 1. The third-order valence-corrected chi connectivity index (χ3v) is 3.73. The van der Waals surface area contributed by atoms with E-state index in [1.807, 2.05) is 26.0 Å². The van der Waals surface area contributed by atoms with Gasteiger partial charge in [-0.3, -0.25) is 0 Å². The van der Waals surface area contributed by atoms with Crippen molar-refractivity contribution in [1.82, 2.24) is 9.97 Å². The van der Waals surface area contributed by atoms with E-state index in [9.17, 15) is 0 Å². The highest BCUT2D eigenvalue weighted by Gasteiger charge is 2.09. The van der Waals surface area contributed by atoms with Crippen LogP contribution in [0.5, 0.6) is 0 Å². The quantitative estimate of drug-likeness (QED) is 0.936. The zero-order valence-corrected chi connectivity index (χ0v) is 12.4. The van der Waals surface area contributed by atoms with E-state index in [0.29, 0.717) is 28.1 Å². The Morgan fingerprint density at radius 1 is 1.16 bits per heavy atom. The highest BCUT2D eigenvalue weighted by Crippen LogP contribution is 2.24. The molecule has 0 fully saturated rings. The Bertz CT molecular complexity index is 589. The summed E-state index contributed by atoms with van der Waals surface area (Å²) in [6.45, 7) is 4.00. The van der Waals surface area contributed by atoms with Gasteiger partial charge in [-0.2, -0.15) is 0 Å². The van der Waals surface area contributed by atoms with Crippen molar-refractivity contribution in [3.8, 4) is 0 Å². The van der Waals surface area contributed by atoms with Gasteiger partial charge in [-0.15, -0.1) is 0 Å². The van der Waals surface area contributed by atoms with E-state index in [2.05, 4.69) is 9.97 Å². The van der Waals surface area contributed by atoms with Gasteiger partial charge in [0.2, 0.25) is 0 Å². The van der Waals surface area contributed by atoms with Crippen LogP contribution in [0.4, 0.5) is 5.82 Å². The number of aromatic nitrogens is 2. The van der Waals surface area contributed by atoms with Gasteiger partial charge in [-0.25, -0.2) is 9.97 Å². The summed E-state index contributed by atoms with van der Waals surface area (Å²) in [6.07, 6.45) is 1.43. The molecular weight excluding hydrogens is 281 g/mol. The van der Waals surface area contributed by atoms with Crippen LogP contribution in [0.15, 0.2) is 18.2 Å². The first kappa shape index (κ1) is 14.1. The van der Waals surface area contributed by atoms with Gasteiger partial charge in [-0.1, -0.05) is 36.2 Å². The predicted octanol–water partition coefficient (Wildman–Crippen LogP) is 3.83. The highest BCUT2D eigenvalue weighted by molar-refractivity contribution is 6.42. The minimum Gasteiger partial charge on any atom is -0.383 e. The van der Waals surface area contributed by atoms with E-state index in [1.165, 1.54) is 0 Å². The zero-order chi connectivity index (χ0) is 14.0. The summed E-state index contributed by atoms with van der Waals surface area (Å²) in [7, 11) is 0. The second kappa shape index (κ2) is 5.76. The molecule has 2 N–H and O–H groups in total. The summed E-state index contributed by atoms with van der Waals surface area (Å²) in [5.41, 5.74) is 8.90. The number of nitrogens with zero attached hydrogens (tertiary/aromatic N) is 2. The normalized spacial score (nSPS) is 10.7. The van der Waals surface area contributed by atoms with E-state index in [0.717, 1.165) is 23.2 Å². The van der Waals surface area contributed by atoms with Crippen molar-refractivity contribution in [1.29, 1.82) is 0 Å². The minimum atomic E-state index is 0.536. The number of halogens is 2. The van der Waals surface area contributed by atoms with Crippen LogP contribution in [0.25, 0.3) is 0 Å². The van der Waals surface area contributed by atoms with Crippen LogP contribution in [0.1, 0.15) is 29.6 Å². The van der Waals surface area contributed by atoms with Crippen molar-refractivity contribution < 1.29 is 0 Å². The van der Waals surface area contributed by atoms with Gasteiger partial charge >= 0.3 is 0 Å². The number of rotatable bonds is 3. The van der Waals surface area contributed by atoms with Crippen molar-refractivity contribution >= 4 is 29.0 Å². The molecular formula is C14H15Cl2N3. The van der Waals surface area contributed by atoms with E-state index in [-0.39, 0.29) is 0 Å². The minimum absolute atomic E-state index is 0.536. The molecule has 1 aromatic heterocycles. The predicted molar refractivity (Wildman–Crippen MR) is 79.8 cm³/mol. The van der Waals surface area contributed by atoms with Crippen LogP contribution < -0.4 is 5.73 Å². The Morgan fingerprint density at radius 3 is 2.47 bits per heavy atom. The maximum Gasteiger partial charge on any atom is 0.135 e. The highest BCUT2D eigenvalue weighted by atomic mass is 35.5. The first-order valence-corrected chi connectivity index (χ1v) is 6.82. The molecule has 0 aliphatic carbocycles. The van der Waals surface area contributed by atoms with Crippen molar-refractivity contribution in [2.24, 2.45) is 0 Å². The Balaban J connectivity index is 2.31. The molecule has 3 nitrogen and oxygen atoms in total. The molecule has 2 rings (SSSR count). The summed E-state index contributed by atoms with van der Waals surface area (Å²) in [5, 5.41) is 1.08. The van der Waals surface area contributed by atoms with E-state index >= 15 is 0 Å². The van der Waals surface area contributed by atoms with Crippen LogP contribution in [0, 0.1) is 6.92 Å². The lowest BCUT2D eigenvalue weighted by molar-refractivity contribution is 0.913. The summed E-state index contributed by atoms with van der Waals surface area (Å²) in [6, 6.07) is 5.51. The van der Waals surface area contributed by atoms with Gasteiger partial charge in [0, 0.05) is 17.7 Å². The summed E-state index contributed by atoms with van der Waals surface area (Å²) < 4.78 is 0. The third-order valence-electron chi connectivity index (χ3n) is 2.99. The number of aryl methyl sites for hydroxylation is 1. The molecule has 5 heteroatoms. The number of nitrogen functional groups attached to an aromatic ring is 1. The second-order valence-corrected chi connectivity index (χ2v) is 5.18. The van der Waals surface area contributed by atoms with Gasteiger partial charge in [0.05, 0.1) is 10.0 Å². The van der Waals surface area contributed by atoms with E-state index < -0.39 is 0 Å². The average Bonchev–Trinajstić information content (AvgIpc) is 2.33. The summed E-state index contributed by atoms with van der Waals surface area (Å²) >= 11 is 11.9. The fourth-order valence-electron chi connectivity index (χ4n) is 2.03. The monoisotopic (exact) mass is 295 g/mol. The van der Waals surface area contributed by atoms with Gasteiger partial charge < -0.3 is 5.73 Å². The topological polar surface area (TPSA) is 51.8 Å². The van der Waals surface area contributed by atoms with Crippen molar-refractivity contribution in [2.75, 3.05) is 5.73 Å². The van der Waals surface area contributed by atoms with Crippen LogP contribution in [0.2, 0.25) is 10.0 Å². The summed E-state index contributed by atoms with van der Waals surface area (Å²) in [4.78, 5) is 8.83. The number of benzene rings is 1. The number of hydrogen-bond donors (Lipinski definition) is 1. The number of nitrogens with two attached hydrogens (primary N) is 1. The molecule has 0 aliphatic rings. The van der Waals surface area contributed by atoms with Gasteiger partial charge in [0.15, 0.2) is 0 Å². The Morgan fingerprint density at radius 2 is 1.89 bits per heavy atom. The van der Waals surface area contributed by atoms with Crippen molar-refractivity contribution in [3.05, 3.63) is 50.9 Å². The molecule has 0 atom stereocenters. The lowest BCUT2D eigenvalue weighted by atomic mass is 10.1. The van der Waals surface area contributed by atoms with Crippen LogP contribution in [0.3, 0.4) is 0 Å². The Labute approximate surface area is 122 Å². The molecule has 0 radical (unpaired) electrons. The summed E-state index contributed by atoms with van der Waals surface area (Å²) in [5.74, 6) is 1.26. The second-order valence-electron chi connectivity index (χ2n) is 4.37. The Kier molecular flexibility index (Phi) is 4.27. The molecule has 0 saturated heterocycles. The molecule has 19 heavy (non-hydrogen) atoms. The SMILES string of the molecule is CCc1c(C)nc(Cc2ccc(Cl)c(Cl)c2)nc1N. The lowest BCUT2D eigenvalue weighted by Gasteiger charge is -2.09. The standard InChI is InChI=1S/C14H15Cl2N3/c1-3-10-8(2)18-13(19-14(10)17)7-9-4-5-11(15)12(16)6-9/h4-6H,3,7H2,1-2H3,(H2,17,18,19). The maximum atomic E-state index is 5.99. The first-order chi connectivity index (χ1) is 9.01. The molecule has 2 aromatic rings. The molecule has 0 aliphatic heterocycles. The Hall–Kier alpha value is -1.32. The smallest absolute Gasteiger partial charge is 0.135 e. The molecule has 100 valence electrons. The molecule has 0 unspecified atom stereocenters. The molecule has 1 aromatic carbocycles. The zero-order valence-electron chi connectivity index (χ0n) is 10.9. The fraction of sp³-hybridized carbons (Fsp3) is 0.286. The number of hydrogen-bond acceptors (Lipinski definition) is 3. The van der Waals surface area contributed by atoms with Crippen LogP contribution in [-0.4, -0.2) is 9.97 Å².